The van der Waals surface area contributed by atoms with Gasteiger partial charge in [-0.15, -0.1) is 0 Å². The molecule has 0 fully saturated rings. The van der Waals surface area contributed by atoms with Crippen LogP contribution in [0.4, 0.5) is 5.69 Å². The Morgan fingerprint density at radius 3 is 2.86 bits per heavy atom. The highest BCUT2D eigenvalue weighted by Crippen LogP contribution is 2.30. The fourth-order valence-corrected chi connectivity index (χ4v) is 1.74. The lowest BCUT2D eigenvalue weighted by molar-refractivity contribution is -0.384. The molecule has 0 aliphatic heterocycles. The standard InChI is InChI=1S/C12H8N6O3/c19-10-2-1-7(18(20)21)5-8(10)11-15-12(17-16-11)9-6-13-3-4-14-9/h1-6,19H,(H,15,16,17). The number of non-ortho nitro benzene ring substituents is 1. The third kappa shape index (κ3) is 2.39. The Morgan fingerprint density at radius 2 is 2.14 bits per heavy atom. The smallest absolute Gasteiger partial charge is 0.270 e. The minimum Gasteiger partial charge on any atom is -0.507 e. The lowest BCUT2D eigenvalue weighted by Crippen LogP contribution is -1.90. The zero-order valence-corrected chi connectivity index (χ0v) is 10.5. The van der Waals surface area contributed by atoms with Gasteiger partial charge in [-0.3, -0.25) is 20.2 Å². The normalized spacial score (nSPS) is 10.5. The van der Waals surface area contributed by atoms with Crippen molar-refractivity contribution in [2.24, 2.45) is 0 Å². The summed E-state index contributed by atoms with van der Waals surface area (Å²) in [6, 6.07) is 3.66. The Kier molecular flexibility index (Phi) is 2.99. The van der Waals surface area contributed by atoms with Crippen LogP contribution in [-0.2, 0) is 0 Å². The van der Waals surface area contributed by atoms with Crippen LogP contribution in [0.5, 0.6) is 5.75 Å². The number of benzene rings is 1. The van der Waals surface area contributed by atoms with Gasteiger partial charge in [0.2, 0.25) is 5.82 Å². The molecular formula is C12H8N6O3. The predicted molar refractivity (Wildman–Crippen MR) is 71.2 cm³/mol. The molecule has 0 spiro atoms. The molecule has 9 nitrogen and oxygen atoms in total. The van der Waals surface area contributed by atoms with Crippen LogP contribution in [0.3, 0.4) is 0 Å². The lowest BCUT2D eigenvalue weighted by atomic mass is 10.1. The number of H-pyrrole nitrogens is 1. The van der Waals surface area contributed by atoms with E-state index < -0.39 is 4.92 Å². The van der Waals surface area contributed by atoms with Crippen molar-refractivity contribution in [3.63, 3.8) is 0 Å². The van der Waals surface area contributed by atoms with E-state index >= 15 is 0 Å². The highest BCUT2D eigenvalue weighted by atomic mass is 16.6. The SMILES string of the molecule is O=[N+]([O-])c1ccc(O)c(-c2nc(-c3cnccn3)n[nH]2)c1. The maximum absolute atomic E-state index is 10.8. The zero-order chi connectivity index (χ0) is 14.8. The second kappa shape index (κ2) is 4.96. The van der Waals surface area contributed by atoms with Crippen LogP contribution in [-0.4, -0.2) is 35.2 Å². The number of aromatic hydroxyl groups is 1. The van der Waals surface area contributed by atoms with E-state index in [4.69, 9.17) is 0 Å². The number of hydrogen-bond donors (Lipinski definition) is 2. The zero-order valence-electron chi connectivity index (χ0n) is 10.5. The number of hydrogen-bond acceptors (Lipinski definition) is 7. The van der Waals surface area contributed by atoms with Crippen molar-refractivity contribution in [2.75, 3.05) is 0 Å². The topological polar surface area (TPSA) is 131 Å². The summed E-state index contributed by atoms with van der Waals surface area (Å²) in [6.07, 6.45) is 4.50. The minimum absolute atomic E-state index is 0.137. The number of aromatic amines is 1. The van der Waals surface area contributed by atoms with Crippen molar-refractivity contribution in [1.29, 1.82) is 0 Å². The van der Waals surface area contributed by atoms with E-state index in [1.54, 1.807) is 0 Å². The first-order chi connectivity index (χ1) is 10.1. The van der Waals surface area contributed by atoms with Crippen molar-refractivity contribution in [2.45, 2.75) is 0 Å². The van der Waals surface area contributed by atoms with Gasteiger partial charge in [0.25, 0.3) is 5.69 Å². The Balaban J connectivity index is 2.04. The van der Waals surface area contributed by atoms with E-state index in [2.05, 4.69) is 25.1 Å². The monoisotopic (exact) mass is 284 g/mol. The van der Waals surface area contributed by atoms with E-state index in [9.17, 15) is 15.2 Å². The van der Waals surface area contributed by atoms with Crippen LogP contribution < -0.4 is 0 Å². The number of nitro benzene ring substituents is 1. The molecule has 0 atom stereocenters. The highest BCUT2D eigenvalue weighted by Gasteiger charge is 2.16. The average molecular weight is 284 g/mol. The van der Waals surface area contributed by atoms with E-state index in [1.807, 2.05) is 0 Å². The van der Waals surface area contributed by atoms with E-state index in [0.29, 0.717) is 5.69 Å². The molecule has 0 saturated carbocycles. The fraction of sp³-hybridized carbons (Fsp3) is 0. The molecule has 0 radical (unpaired) electrons. The molecule has 3 aromatic rings. The van der Waals surface area contributed by atoms with Gasteiger partial charge in [0.05, 0.1) is 16.7 Å². The quantitative estimate of drug-likeness (QED) is 0.550. The molecule has 9 heteroatoms. The van der Waals surface area contributed by atoms with Gasteiger partial charge in [-0.25, -0.2) is 9.97 Å². The number of aromatic nitrogens is 5. The summed E-state index contributed by atoms with van der Waals surface area (Å²) in [5.41, 5.74) is 0.483. The van der Waals surface area contributed by atoms with Crippen molar-refractivity contribution in [1.82, 2.24) is 25.1 Å². The predicted octanol–water partition coefficient (Wildman–Crippen LogP) is 1.54. The third-order valence-corrected chi connectivity index (χ3v) is 2.72. The summed E-state index contributed by atoms with van der Waals surface area (Å²) in [7, 11) is 0. The highest BCUT2D eigenvalue weighted by molar-refractivity contribution is 5.68. The van der Waals surface area contributed by atoms with Crippen LogP contribution >= 0.6 is 0 Å². The van der Waals surface area contributed by atoms with Gasteiger partial charge in [0.15, 0.2) is 5.82 Å². The number of nitrogens with one attached hydrogen (secondary N) is 1. The van der Waals surface area contributed by atoms with Gasteiger partial charge in [-0.05, 0) is 6.07 Å². The summed E-state index contributed by atoms with van der Waals surface area (Å²) in [5.74, 6) is 0.350. The first-order valence-electron chi connectivity index (χ1n) is 5.82. The Morgan fingerprint density at radius 1 is 1.29 bits per heavy atom. The molecule has 2 heterocycles. The van der Waals surface area contributed by atoms with Crippen LogP contribution in [0.25, 0.3) is 22.9 Å². The van der Waals surface area contributed by atoms with Crippen molar-refractivity contribution >= 4 is 5.69 Å². The minimum atomic E-state index is -0.553. The maximum Gasteiger partial charge on any atom is 0.270 e. The number of nitro groups is 1. The first kappa shape index (κ1) is 12.7. The average Bonchev–Trinajstić information content (AvgIpc) is 2.98. The molecule has 0 aliphatic carbocycles. The van der Waals surface area contributed by atoms with E-state index in [1.165, 1.54) is 36.8 Å². The summed E-state index contributed by atoms with van der Waals surface area (Å²) in [4.78, 5) is 22.3. The Labute approximate surface area is 117 Å². The molecule has 104 valence electrons. The van der Waals surface area contributed by atoms with E-state index in [-0.39, 0.29) is 28.6 Å². The number of rotatable bonds is 3. The third-order valence-electron chi connectivity index (χ3n) is 2.72. The van der Waals surface area contributed by atoms with Gasteiger partial charge in [0, 0.05) is 24.5 Å². The van der Waals surface area contributed by atoms with Gasteiger partial charge in [0.1, 0.15) is 11.4 Å². The maximum atomic E-state index is 10.8. The van der Waals surface area contributed by atoms with Crippen molar-refractivity contribution in [3.8, 4) is 28.7 Å². The largest absolute Gasteiger partial charge is 0.507 e. The molecule has 0 unspecified atom stereocenters. The second-order valence-corrected chi connectivity index (χ2v) is 4.06. The van der Waals surface area contributed by atoms with Gasteiger partial charge < -0.3 is 5.11 Å². The summed E-state index contributed by atoms with van der Waals surface area (Å²) in [5, 5.41) is 27.2. The van der Waals surface area contributed by atoms with Crippen LogP contribution in [0, 0.1) is 10.1 Å². The molecule has 3 rings (SSSR count). The Hall–Kier alpha value is -3.36. The molecule has 2 N–H and O–H groups in total. The Bertz CT molecular complexity index is 802. The summed E-state index contributed by atoms with van der Waals surface area (Å²) in [6.45, 7) is 0. The first-order valence-corrected chi connectivity index (χ1v) is 5.82. The summed E-state index contributed by atoms with van der Waals surface area (Å²) < 4.78 is 0. The van der Waals surface area contributed by atoms with Crippen molar-refractivity contribution in [3.05, 3.63) is 46.9 Å². The number of nitrogens with zero attached hydrogens (tertiary/aromatic N) is 5. The number of phenolic OH excluding ortho intramolecular Hbond substituents is 1. The van der Waals surface area contributed by atoms with Gasteiger partial charge >= 0.3 is 0 Å². The van der Waals surface area contributed by atoms with Crippen LogP contribution in [0.15, 0.2) is 36.8 Å². The molecule has 21 heavy (non-hydrogen) atoms. The molecular weight excluding hydrogens is 276 g/mol. The van der Waals surface area contributed by atoms with Crippen LogP contribution in [0.1, 0.15) is 0 Å². The molecule has 0 bridgehead atoms. The second-order valence-electron chi connectivity index (χ2n) is 4.06. The molecule has 0 aliphatic rings. The summed E-state index contributed by atoms with van der Waals surface area (Å²) >= 11 is 0. The van der Waals surface area contributed by atoms with Gasteiger partial charge in [-0.2, -0.15) is 5.10 Å². The fourth-order valence-electron chi connectivity index (χ4n) is 1.74. The molecule has 0 saturated heterocycles. The van der Waals surface area contributed by atoms with Crippen molar-refractivity contribution < 1.29 is 10.0 Å². The van der Waals surface area contributed by atoms with Gasteiger partial charge in [-0.1, -0.05) is 0 Å². The number of phenols is 1. The molecule has 0 amide bonds. The lowest BCUT2D eigenvalue weighted by Gasteiger charge is -2.00. The molecule has 2 aromatic heterocycles. The van der Waals surface area contributed by atoms with Crippen LogP contribution in [0.2, 0.25) is 0 Å². The van der Waals surface area contributed by atoms with E-state index in [0.717, 1.165) is 0 Å². The molecule has 1 aromatic carbocycles.